The molecule has 0 amide bonds. The van der Waals surface area contributed by atoms with Gasteiger partial charge in [-0.1, -0.05) is 93.3 Å². The highest BCUT2D eigenvalue weighted by atomic mass is 32.2. The highest BCUT2D eigenvalue weighted by Crippen LogP contribution is 2.29. The quantitative estimate of drug-likeness (QED) is 0.160. The van der Waals surface area contributed by atoms with E-state index in [1.807, 2.05) is 6.07 Å². The lowest BCUT2D eigenvalue weighted by Gasteiger charge is -2.04. The van der Waals surface area contributed by atoms with Crippen LogP contribution in [0.2, 0.25) is 0 Å². The third-order valence-corrected chi connectivity index (χ3v) is 7.44. The van der Waals surface area contributed by atoms with Crippen LogP contribution in [0, 0.1) is 0 Å². The van der Waals surface area contributed by atoms with Crippen molar-refractivity contribution in [2.45, 2.75) is 61.9 Å². The summed E-state index contributed by atoms with van der Waals surface area (Å²) in [6, 6.07) is 20.6. The van der Waals surface area contributed by atoms with E-state index in [1.165, 1.54) is 55.7 Å². The van der Waals surface area contributed by atoms with Crippen molar-refractivity contribution in [1.82, 2.24) is 0 Å². The fourth-order valence-electron chi connectivity index (χ4n) is 3.76. The molecule has 0 heterocycles. The molecule has 0 radical (unpaired) electrons. The molecule has 4 aromatic rings. The van der Waals surface area contributed by atoms with Crippen LogP contribution in [-0.2, 0) is 20.2 Å². The van der Waals surface area contributed by atoms with E-state index >= 15 is 0 Å². The molecule has 0 saturated carbocycles. The number of aromatic hydroxyl groups is 1. The van der Waals surface area contributed by atoms with E-state index in [4.69, 9.17) is 9.11 Å². The number of phenolic OH excluding ortho intramolecular Hbond substituents is 1. The van der Waals surface area contributed by atoms with Crippen molar-refractivity contribution < 1.29 is 35.4 Å². The lowest BCUT2D eigenvalue weighted by molar-refractivity contribution is 0.330. The summed E-state index contributed by atoms with van der Waals surface area (Å²) >= 11 is 0. The third-order valence-electron chi connectivity index (χ3n) is 5.62. The normalized spacial score (nSPS) is 12.2. The second-order valence-corrected chi connectivity index (χ2v) is 11.5. The van der Waals surface area contributed by atoms with Crippen molar-refractivity contribution in [3.8, 4) is 5.75 Å². The van der Waals surface area contributed by atoms with Gasteiger partial charge in [-0.15, -0.1) is 0 Å². The number of phenols is 1. The molecule has 0 aromatic heterocycles. The Morgan fingerprint density at radius 2 is 1.18 bits per heavy atom. The molecular formula is C28H33FO7S2. The standard InChI is InChI=1S/C10H8O4S.C10H8O3S.C8H17F/c11-9-5-1-4-8-7(9)3-2-6-10(8)15(12,13)14;11-14(12,13)10-7-3-5-8-4-1-2-6-9(8)10;1-3-4-5-6-7-8(2)9/h1-6,11H,(H,12,13,14);1-7H,(H,11,12,13);8H,3-7H2,1-2H3. The van der Waals surface area contributed by atoms with Gasteiger partial charge in [0.05, 0.1) is 6.17 Å². The molecule has 38 heavy (non-hydrogen) atoms. The van der Waals surface area contributed by atoms with E-state index in [2.05, 4.69) is 6.92 Å². The lowest BCUT2D eigenvalue weighted by Crippen LogP contribution is -1.98. The van der Waals surface area contributed by atoms with Gasteiger partial charge in [0.2, 0.25) is 0 Å². The fourth-order valence-corrected chi connectivity index (χ4v) is 5.18. The summed E-state index contributed by atoms with van der Waals surface area (Å²) in [6.45, 7) is 3.80. The number of hydrogen-bond donors (Lipinski definition) is 3. The van der Waals surface area contributed by atoms with Gasteiger partial charge < -0.3 is 5.11 Å². The zero-order chi connectivity index (χ0) is 28.3. The van der Waals surface area contributed by atoms with E-state index in [0.29, 0.717) is 16.2 Å². The highest BCUT2D eigenvalue weighted by molar-refractivity contribution is 7.86. The fraction of sp³-hybridized carbons (Fsp3) is 0.286. The lowest BCUT2D eigenvalue weighted by atomic mass is 10.1. The summed E-state index contributed by atoms with van der Waals surface area (Å²) in [7, 11) is -8.39. The summed E-state index contributed by atoms with van der Waals surface area (Å²) in [5.41, 5.74) is 0. The van der Waals surface area contributed by atoms with Crippen LogP contribution in [0.3, 0.4) is 0 Å². The summed E-state index contributed by atoms with van der Waals surface area (Å²) < 4.78 is 74.1. The maximum atomic E-state index is 12.1. The molecule has 10 heteroatoms. The van der Waals surface area contributed by atoms with Gasteiger partial charge in [0, 0.05) is 16.2 Å². The Morgan fingerprint density at radius 3 is 1.79 bits per heavy atom. The molecule has 4 aromatic carbocycles. The minimum atomic E-state index is -4.26. The molecule has 0 aliphatic carbocycles. The van der Waals surface area contributed by atoms with Crippen molar-refractivity contribution in [3.63, 3.8) is 0 Å². The highest BCUT2D eigenvalue weighted by Gasteiger charge is 2.14. The Bertz CT molecular complexity index is 1550. The van der Waals surface area contributed by atoms with Gasteiger partial charge in [0.25, 0.3) is 20.2 Å². The molecule has 0 aliphatic heterocycles. The summed E-state index contributed by atoms with van der Waals surface area (Å²) in [4.78, 5) is -0.244. The average molecular weight is 565 g/mol. The Balaban J connectivity index is 0.000000208. The Kier molecular flexibility index (Phi) is 11.6. The van der Waals surface area contributed by atoms with Gasteiger partial charge >= 0.3 is 0 Å². The van der Waals surface area contributed by atoms with Gasteiger partial charge in [-0.25, -0.2) is 4.39 Å². The van der Waals surface area contributed by atoms with E-state index in [0.717, 1.165) is 18.2 Å². The number of hydrogen-bond acceptors (Lipinski definition) is 5. The second-order valence-electron chi connectivity index (χ2n) is 8.69. The van der Waals surface area contributed by atoms with Crippen LogP contribution < -0.4 is 0 Å². The number of fused-ring (bicyclic) bond motifs is 2. The molecule has 7 nitrogen and oxygen atoms in total. The maximum absolute atomic E-state index is 12.1. The topological polar surface area (TPSA) is 129 Å². The number of rotatable bonds is 7. The predicted molar refractivity (Wildman–Crippen MR) is 149 cm³/mol. The average Bonchev–Trinajstić information content (AvgIpc) is 2.86. The van der Waals surface area contributed by atoms with Crippen LogP contribution in [-0.4, -0.2) is 37.2 Å². The first kappa shape index (κ1) is 31.2. The molecule has 0 fully saturated rings. The molecule has 3 N–H and O–H groups in total. The molecule has 1 unspecified atom stereocenters. The number of benzene rings is 4. The minimum absolute atomic E-state index is 0.0157. The van der Waals surface area contributed by atoms with Gasteiger partial charge in [-0.05, 0) is 36.9 Å². The molecule has 0 aliphatic rings. The van der Waals surface area contributed by atoms with Crippen LogP contribution in [0.4, 0.5) is 4.39 Å². The molecule has 206 valence electrons. The largest absolute Gasteiger partial charge is 0.507 e. The van der Waals surface area contributed by atoms with Crippen molar-refractivity contribution in [3.05, 3.63) is 78.9 Å². The maximum Gasteiger partial charge on any atom is 0.295 e. The van der Waals surface area contributed by atoms with Crippen molar-refractivity contribution in [2.24, 2.45) is 0 Å². The summed E-state index contributed by atoms with van der Waals surface area (Å²) in [5.74, 6) is -0.0157. The molecule has 4 rings (SSSR count). The molecular weight excluding hydrogens is 531 g/mol. The van der Waals surface area contributed by atoms with Crippen LogP contribution in [0.5, 0.6) is 5.75 Å². The molecule has 0 bridgehead atoms. The van der Waals surface area contributed by atoms with Crippen molar-refractivity contribution in [1.29, 1.82) is 0 Å². The monoisotopic (exact) mass is 564 g/mol. The van der Waals surface area contributed by atoms with Gasteiger partial charge in [0.1, 0.15) is 15.5 Å². The van der Waals surface area contributed by atoms with Crippen molar-refractivity contribution >= 4 is 41.8 Å². The van der Waals surface area contributed by atoms with E-state index < -0.39 is 26.4 Å². The number of unbranched alkanes of at least 4 members (excludes halogenated alkanes) is 3. The summed E-state index contributed by atoms with van der Waals surface area (Å²) in [5, 5.41) is 11.5. The zero-order valence-electron chi connectivity index (χ0n) is 21.3. The minimum Gasteiger partial charge on any atom is -0.507 e. The van der Waals surface area contributed by atoms with Crippen molar-refractivity contribution in [2.75, 3.05) is 0 Å². The SMILES string of the molecule is CCCCCCC(C)F.O=S(=O)(O)c1cccc2c(O)cccc12.O=S(=O)(O)c1cccc2ccccc12. The third kappa shape index (κ3) is 9.36. The Hall–Kier alpha value is -3.05. The first-order chi connectivity index (χ1) is 17.9. The summed E-state index contributed by atoms with van der Waals surface area (Å²) in [6.07, 6.45) is 4.91. The number of halogens is 1. The Morgan fingerprint density at radius 1 is 0.684 bits per heavy atom. The molecule has 1 atom stereocenters. The molecule has 0 saturated heterocycles. The van der Waals surface area contributed by atoms with E-state index in [-0.39, 0.29) is 15.5 Å². The second kappa shape index (κ2) is 14.2. The molecule has 0 spiro atoms. The number of alkyl halides is 1. The Labute approximate surface area is 223 Å². The van der Waals surface area contributed by atoms with E-state index in [9.17, 15) is 26.3 Å². The first-order valence-corrected chi connectivity index (χ1v) is 15.0. The smallest absolute Gasteiger partial charge is 0.295 e. The predicted octanol–water partition coefficient (Wildman–Crippen LogP) is 7.19. The van der Waals surface area contributed by atoms with Gasteiger partial charge in [0.15, 0.2) is 0 Å². The first-order valence-electron chi connectivity index (χ1n) is 12.1. The van der Waals surface area contributed by atoms with Gasteiger partial charge in [-0.3, -0.25) is 9.11 Å². The van der Waals surface area contributed by atoms with E-state index in [1.54, 1.807) is 43.3 Å². The van der Waals surface area contributed by atoms with Crippen LogP contribution >= 0.6 is 0 Å². The van der Waals surface area contributed by atoms with Crippen LogP contribution in [0.25, 0.3) is 21.5 Å². The van der Waals surface area contributed by atoms with Crippen LogP contribution in [0.1, 0.15) is 46.0 Å². The zero-order valence-corrected chi connectivity index (χ0v) is 22.9. The van der Waals surface area contributed by atoms with Gasteiger partial charge in [-0.2, -0.15) is 16.8 Å². The van der Waals surface area contributed by atoms with Crippen LogP contribution in [0.15, 0.2) is 88.7 Å².